The Balaban J connectivity index is 1.75. The molecule has 0 radical (unpaired) electrons. The Labute approximate surface area is 154 Å². The van der Waals surface area contributed by atoms with Gasteiger partial charge in [0.05, 0.1) is 10.8 Å². The van der Waals surface area contributed by atoms with Crippen molar-refractivity contribution in [2.24, 2.45) is 0 Å². The van der Waals surface area contributed by atoms with Crippen LogP contribution in [0.5, 0.6) is 0 Å². The molecule has 1 aliphatic rings. The third kappa shape index (κ3) is 6.13. The van der Waals surface area contributed by atoms with Gasteiger partial charge in [0, 0.05) is 26.8 Å². The summed E-state index contributed by atoms with van der Waals surface area (Å²) in [5.41, 5.74) is 1.44. The van der Waals surface area contributed by atoms with Crippen LogP contribution in [0.4, 0.5) is 0 Å². The lowest BCUT2D eigenvalue weighted by Crippen LogP contribution is -2.26. The predicted octanol–water partition coefficient (Wildman–Crippen LogP) is 2.43. The summed E-state index contributed by atoms with van der Waals surface area (Å²) in [5, 5.41) is 3.55. The molecule has 0 aromatic carbocycles. The Morgan fingerprint density at radius 2 is 2.12 bits per heavy atom. The van der Waals surface area contributed by atoms with Crippen molar-refractivity contribution in [3.8, 4) is 0 Å². The topological polar surface area (TPSA) is 79.4 Å². The first-order valence-electron chi connectivity index (χ1n) is 8.35. The van der Waals surface area contributed by atoms with E-state index in [0.29, 0.717) is 11.6 Å². The van der Waals surface area contributed by atoms with Gasteiger partial charge in [0.1, 0.15) is 4.90 Å². The van der Waals surface area contributed by atoms with E-state index in [1.807, 2.05) is 0 Å². The zero-order valence-corrected chi connectivity index (χ0v) is 16.3. The summed E-state index contributed by atoms with van der Waals surface area (Å²) in [5.74, 6) is 0.236. The van der Waals surface area contributed by atoms with E-state index in [1.165, 1.54) is 56.5 Å². The second-order valence-corrected chi connectivity index (χ2v) is 9.26. The van der Waals surface area contributed by atoms with Gasteiger partial charge in [0.25, 0.3) is 0 Å². The summed E-state index contributed by atoms with van der Waals surface area (Å²) in [6, 6.07) is 3.14. The van der Waals surface area contributed by atoms with Crippen molar-refractivity contribution < 1.29 is 13.2 Å². The van der Waals surface area contributed by atoms with E-state index in [4.69, 9.17) is 0 Å². The van der Waals surface area contributed by atoms with Crippen molar-refractivity contribution in [2.75, 3.05) is 26.4 Å². The average Bonchev–Trinajstić information content (AvgIpc) is 2.61. The van der Waals surface area contributed by atoms with Crippen LogP contribution < -0.4 is 5.32 Å². The Morgan fingerprint density at radius 3 is 2.72 bits per heavy atom. The molecule has 25 heavy (non-hydrogen) atoms. The van der Waals surface area contributed by atoms with Crippen molar-refractivity contribution >= 4 is 27.7 Å². The number of carbonyl (C=O) groups is 1. The van der Waals surface area contributed by atoms with Crippen LogP contribution in [-0.4, -0.2) is 50.0 Å². The summed E-state index contributed by atoms with van der Waals surface area (Å²) in [7, 11) is -0.515. The van der Waals surface area contributed by atoms with Crippen LogP contribution in [0.25, 0.3) is 0 Å². The molecule has 0 spiro atoms. The van der Waals surface area contributed by atoms with E-state index in [0.717, 1.165) is 23.6 Å². The Morgan fingerprint density at radius 1 is 1.32 bits per heavy atom. The molecular weight excluding hydrogens is 358 g/mol. The second-order valence-electron chi connectivity index (χ2n) is 6.12. The molecule has 6 nitrogen and oxygen atoms in total. The number of hydrogen-bond donors (Lipinski definition) is 1. The van der Waals surface area contributed by atoms with E-state index >= 15 is 0 Å². The fourth-order valence-electron chi connectivity index (χ4n) is 2.50. The fourth-order valence-corrected chi connectivity index (χ4v) is 4.02. The van der Waals surface area contributed by atoms with Crippen LogP contribution in [-0.2, 0) is 14.8 Å². The van der Waals surface area contributed by atoms with Gasteiger partial charge in [-0.1, -0.05) is 23.4 Å². The van der Waals surface area contributed by atoms with Gasteiger partial charge < -0.3 is 5.32 Å². The summed E-state index contributed by atoms with van der Waals surface area (Å²) >= 11 is 1.30. The Kier molecular flexibility index (Phi) is 7.46. The molecule has 1 aromatic rings. The molecule has 0 bridgehead atoms. The van der Waals surface area contributed by atoms with Crippen LogP contribution in [0, 0.1) is 0 Å². The minimum Gasteiger partial charge on any atom is -0.355 e. The molecule has 138 valence electrons. The van der Waals surface area contributed by atoms with Gasteiger partial charge in [-0.25, -0.2) is 17.7 Å². The van der Waals surface area contributed by atoms with Gasteiger partial charge >= 0.3 is 0 Å². The molecule has 0 unspecified atom stereocenters. The lowest BCUT2D eigenvalue weighted by atomic mass is 9.97. The molecule has 2 rings (SSSR count). The molecule has 0 saturated carbocycles. The number of allylic oxidation sites excluding steroid dienone is 1. The van der Waals surface area contributed by atoms with Crippen LogP contribution in [0.1, 0.15) is 32.1 Å². The highest BCUT2D eigenvalue weighted by atomic mass is 32.2. The Bertz CT molecular complexity index is 713. The third-order valence-corrected chi connectivity index (χ3v) is 6.73. The van der Waals surface area contributed by atoms with Gasteiger partial charge in [-0.05, 0) is 44.2 Å². The van der Waals surface area contributed by atoms with Crippen molar-refractivity contribution in [3.63, 3.8) is 0 Å². The molecule has 0 atom stereocenters. The smallest absolute Gasteiger partial charge is 0.244 e. The van der Waals surface area contributed by atoms with E-state index in [2.05, 4.69) is 16.4 Å². The van der Waals surface area contributed by atoms with Crippen molar-refractivity contribution in [1.29, 1.82) is 0 Å². The van der Waals surface area contributed by atoms with Crippen LogP contribution >= 0.6 is 11.8 Å². The van der Waals surface area contributed by atoms with Crippen LogP contribution in [0.15, 0.2) is 39.9 Å². The highest BCUT2D eigenvalue weighted by Crippen LogP contribution is 2.20. The van der Waals surface area contributed by atoms with E-state index < -0.39 is 10.0 Å². The van der Waals surface area contributed by atoms with Crippen molar-refractivity contribution in [3.05, 3.63) is 30.0 Å². The van der Waals surface area contributed by atoms with Crippen molar-refractivity contribution in [1.82, 2.24) is 14.6 Å². The summed E-state index contributed by atoms with van der Waals surface area (Å²) in [4.78, 5) is 16.2. The number of thioether (sulfide) groups is 1. The van der Waals surface area contributed by atoms with Gasteiger partial charge in [0.15, 0.2) is 0 Å². The Hall–Kier alpha value is -1.38. The van der Waals surface area contributed by atoms with Crippen LogP contribution in [0.3, 0.4) is 0 Å². The monoisotopic (exact) mass is 383 g/mol. The van der Waals surface area contributed by atoms with E-state index in [-0.39, 0.29) is 16.6 Å². The minimum absolute atomic E-state index is 0.0341. The number of sulfonamides is 1. The average molecular weight is 384 g/mol. The summed E-state index contributed by atoms with van der Waals surface area (Å²) in [6.07, 6.45) is 9.37. The number of aromatic nitrogens is 1. The predicted molar refractivity (Wildman–Crippen MR) is 100 cm³/mol. The standard InChI is InChI=1S/C17H25N3O3S2/c1-20(2)25(22,23)15-8-9-17(19-12-15)24-13-16(21)18-11-10-14-6-4-3-5-7-14/h6,8-9,12H,3-5,7,10-11,13H2,1-2H3,(H,18,21). The number of nitrogens with zero attached hydrogens (tertiary/aromatic N) is 2. The molecule has 0 fully saturated rings. The maximum atomic E-state index is 12.0. The van der Waals surface area contributed by atoms with E-state index in [1.54, 1.807) is 6.07 Å². The minimum atomic E-state index is -3.47. The molecule has 1 aliphatic carbocycles. The SMILES string of the molecule is CN(C)S(=O)(=O)c1ccc(SCC(=O)NCCC2=CCCCC2)nc1. The molecule has 8 heteroatoms. The third-order valence-electron chi connectivity index (χ3n) is 3.99. The number of amides is 1. The maximum Gasteiger partial charge on any atom is 0.244 e. The highest BCUT2D eigenvalue weighted by molar-refractivity contribution is 7.99. The van der Waals surface area contributed by atoms with E-state index in [9.17, 15) is 13.2 Å². The quantitative estimate of drug-likeness (QED) is 0.551. The normalized spacial score (nSPS) is 15.1. The summed E-state index contributed by atoms with van der Waals surface area (Å²) < 4.78 is 25.1. The first-order valence-corrected chi connectivity index (χ1v) is 10.8. The molecule has 1 N–H and O–H groups in total. The number of carbonyl (C=O) groups excluding carboxylic acids is 1. The molecule has 1 amide bonds. The largest absolute Gasteiger partial charge is 0.355 e. The van der Waals surface area contributed by atoms with Crippen molar-refractivity contribution in [2.45, 2.75) is 42.0 Å². The maximum absolute atomic E-state index is 12.0. The molecule has 0 aliphatic heterocycles. The van der Waals surface area contributed by atoms with Gasteiger partial charge in [0.2, 0.25) is 15.9 Å². The number of rotatable bonds is 8. The zero-order chi connectivity index (χ0) is 18.3. The summed E-state index contributed by atoms with van der Waals surface area (Å²) in [6.45, 7) is 0.665. The van der Waals surface area contributed by atoms with Gasteiger partial charge in [-0.2, -0.15) is 0 Å². The lowest BCUT2D eigenvalue weighted by Gasteiger charge is -2.13. The second kappa shape index (κ2) is 9.35. The lowest BCUT2D eigenvalue weighted by molar-refractivity contribution is -0.118. The highest BCUT2D eigenvalue weighted by Gasteiger charge is 2.17. The molecule has 1 aromatic heterocycles. The first kappa shape index (κ1) is 19.9. The molecule has 0 saturated heterocycles. The van der Waals surface area contributed by atoms with Crippen LogP contribution in [0.2, 0.25) is 0 Å². The molecular formula is C17H25N3O3S2. The van der Waals surface area contributed by atoms with Gasteiger partial charge in [-0.3, -0.25) is 4.79 Å². The number of hydrogen-bond acceptors (Lipinski definition) is 5. The number of pyridine rings is 1. The number of nitrogens with one attached hydrogen (secondary N) is 1. The van der Waals surface area contributed by atoms with Gasteiger partial charge in [-0.15, -0.1) is 0 Å². The first-order chi connectivity index (χ1) is 11.9. The fraction of sp³-hybridized carbons (Fsp3) is 0.529. The molecule has 1 heterocycles. The zero-order valence-electron chi connectivity index (χ0n) is 14.7.